The van der Waals surface area contributed by atoms with Gasteiger partial charge in [0.2, 0.25) is 5.91 Å². The molecule has 2 aromatic rings. The summed E-state index contributed by atoms with van der Waals surface area (Å²) >= 11 is 0. The molecule has 0 aromatic heterocycles. The van der Waals surface area contributed by atoms with Crippen molar-refractivity contribution in [2.45, 2.75) is 37.8 Å². The Morgan fingerprint density at radius 2 is 1.71 bits per heavy atom. The summed E-state index contributed by atoms with van der Waals surface area (Å²) in [6.45, 7) is 2.38. The van der Waals surface area contributed by atoms with Crippen LogP contribution in [0.2, 0.25) is 0 Å². The molecule has 3 atom stereocenters. The minimum Gasteiger partial charge on any atom is -0.481 e. The summed E-state index contributed by atoms with van der Waals surface area (Å²) in [4.78, 5) is 38.8. The quantitative estimate of drug-likeness (QED) is 0.649. The van der Waals surface area contributed by atoms with Crippen molar-refractivity contribution < 1.29 is 29.0 Å². The minimum absolute atomic E-state index is 0.0921. The normalized spacial score (nSPS) is 19.0. The molecule has 0 spiro atoms. The molecule has 2 amide bonds. The fourth-order valence-electron chi connectivity index (χ4n) is 4.86. The molecule has 2 N–H and O–H groups in total. The van der Waals surface area contributed by atoms with Crippen LogP contribution < -0.4 is 5.32 Å². The third-order valence-corrected chi connectivity index (χ3v) is 6.81. The maximum absolute atomic E-state index is 13.2. The van der Waals surface area contributed by atoms with Gasteiger partial charge < -0.3 is 24.8 Å². The summed E-state index contributed by atoms with van der Waals surface area (Å²) in [6.07, 6.45) is -0.195. The third kappa shape index (κ3) is 4.77. The van der Waals surface area contributed by atoms with Crippen molar-refractivity contribution in [3.8, 4) is 11.1 Å². The Bertz CT molecular complexity index is 1030. The van der Waals surface area contributed by atoms with Gasteiger partial charge in [-0.2, -0.15) is 0 Å². The largest absolute Gasteiger partial charge is 0.481 e. The number of ether oxygens (including phenoxy) is 2. The van der Waals surface area contributed by atoms with Gasteiger partial charge in [0.25, 0.3) is 0 Å². The molecular weight excluding hydrogens is 436 g/mol. The van der Waals surface area contributed by atoms with E-state index in [1.54, 1.807) is 6.92 Å². The number of methoxy groups -OCH3 is 1. The number of nitrogens with one attached hydrogen (secondary N) is 1. The average molecular weight is 467 g/mol. The number of fused-ring (bicyclic) bond motifs is 3. The number of nitrogens with zero attached hydrogens (tertiary/aromatic N) is 1. The van der Waals surface area contributed by atoms with Crippen LogP contribution in [-0.4, -0.2) is 66.9 Å². The van der Waals surface area contributed by atoms with E-state index in [4.69, 9.17) is 9.47 Å². The van der Waals surface area contributed by atoms with Gasteiger partial charge in [-0.3, -0.25) is 9.59 Å². The number of aliphatic carboxylic acids is 1. The summed E-state index contributed by atoms with van der Waals surface area (Å²) in [5, 5.41) is 12.0. The van der Waals surface area contributed by atoms with Crippen LogP contribution in [0.5, 0.6) is 0 Å². The smallest absolute Gasteiger partial charge is 0.407 e. The molecule has 8 nitrogen and oxygen atoms in total. The maximum Gasteiger partial charge on any atom is 0.407 e. The molecule has 0 saturated carbocycles. The van der Waals surface area contributed by atoms with Crippen molar-refractivity contribution in [2.24, 2.45) is 5.92 Å². The lowest BCUT2D eigenvalue weighted by Gasteiger charge is -2.34. The Labute approximate surface area is 198 Å². The van der Waals surface area contributed by atoms with Crippen molar-refractivity contribution >= 4 is 18.0 Å². The summed E-state index contributed by atoms with van der Waals surface area (Å²) < 4.78 is 10.9. The Morgan fingerprint density at radius 1 is 1.09 bits per heavy atom. The van der Waals surface area contributed by atoms with Crippen LogP contribution in [0.25, 0.3) is 11.1 Å². The lowest BCUT2D eigenvalue weighted by molar-refractivity contribution is -0.147. The number of likely N-dealkylation sites (tertiary alicyclic amines) is 1. The zero-order valence-electron chi connectivity index (χ0n) is 19.4. The van der Waals surface area contributed by atoms with Gasteiger partial charge in [0.1, 0.15) is 12.6 Å². The number of hydrogen-bond acceptors (Lipinski definition) is 5. The first-order valence-corrected chi connectivity index (χ1v) is 11.6. The number of carboxylic acids is 1. The minimum atomic E-state index is -0.979. The van der Waals surface area contributed by atoms with Gasteiger partial charge in [-0.1, -0.05) is 48.5 Å². The molecule has 1 aliphatic heterocycles. The van der Waals surface area contributed by atoms with E-state index in [0.717, 1.165) is 22.3 Å². The lowest BCUT2D eigenvalue weighted by atomic mass is 9.97. The van der Waals surface area contributed by atoms with Gasteiger partial charge in [0, 0.05) is 26.1 Å². The van der Waals surface area contributed by atoms with Gasteiger partial charge in [-0.15, -0.1) is 0 Å². The van der Waals surface area contributed by atoms with Crippen molar-refractivity contribution in [1.29, 1.82) is 0 Å². The van der Waals surface area contributed by atoms with Crippen molar-refractivity contribution in [3.63, 3.8) is 0 Å². The Kier molecular flexibility index (Phi) is 7.17. The lowest BCUT2D eigenvalue weighted by Crippen LogP contribution is -2.56. The number of carboxylic acid groups (broad SMARTS) is 1. The van der Waals surface area contributed by atoms with Crippen molar-refractivity contribution in [3.05, 3.63) is 59.7 Å². The van der Waals surface area contributed by atoms with Crippen LogP contribution >= 0.6 is 0 Å². The predicted molar refractivity (Wildman–Crippen MR) is 125 cm³/mol. The summed E-state index contributed by atoms with van der Waals surface area (Å²) in [5.41, 5.74) is 4.46. The van der Waals surface area contributed by atoms with E-state index < -0.39 is 30.1 Å². The second kappa shape index (κ2) is 10.3. The van der Waals surface area contributed by atoms with E-state index in [9.17, 15) is 19.5 Å². The Morgan fingerprint density at radius 3 is 2.29 bits per heavy atom. The third-order valence-electron chi connectivity index (χ3n) is 6.81. The number of hydrogen-bond donors (Lipinski definition) is 2. The molecule has 1 heterocycles. The highest BCUT2D eigenvalue weighted by molar-refractivity contribution is 5.87. The van der Waals surface area contributed by atoms with Crippen molar-refractivity contribution in [2.75, 3.05) is 26.8 Å². The van der Waals surface area contributed by atoms with Gasteiger partial charge in [0.05, 0.1) is 12.0 Å². The highest BCUT2D eigenvalue weighted by Crippen LogP contribution is 2.44. The molecule has 34 heavy (non-hydrogen) atoms. The molecular formula is C26H30N2O6. The van der Waals surface area contributed by atoms with Crippen molar-refractivity contribution in [1.82, 2.24) is 10.2 Å². The number of alkyl carbamates (subject to hydrolysis) is 1. The van der Waals surface area contributed by atoms with E-state index >= 15 is 0 Å². The van der Waals surface area contributed by atoms with Gasteiger partial charge >= 0.3 is 12.1 Å². The predicted octanol–water partition coefficient (Wildman–Crippen LogP) is 3.25. The van der Waals surface area contributed by atoms with E-state index in [2.05, 4.69) is 17.4 Å². The number of carbonyl (C=O) groups excluding carboxylic acids is 2. The first-order valence-electron chi connectivity index (χ1n) is 11.6. The number of amides is 2. The van der Waals surface area contributed by atoms with Crippen LogP contribution in [0.3, 0.4) is 0 Å². The Balaban J connectivity index is 1.43. The highest BCUT2D eigenvalue weighted by Gasteiger charge is 2.36. The fourth-order valence-corrected chi connectivity index (χ4v) is 4.86. The summed E-state index contributed by atoms with van der Waals surface area (Å²) in [5.74, 6) is -1.98. The molecule has 0 unspecified atom stereocenters. The first kappa shape index (κ1) is 23.8. The molecule has 4 rings (SSSR count). The van der Waals surface area contributed by atoms with Crippen LogP contribution in [-0.2, 0) is 19.1 Å². The maximum atomic E-state index is 13.2. The van der Waals surface area contributed by atoms with Gasteiger partial charge in [-0.25, -0.2) is 4.79 Å². The van der Waals surface area contributed by atoms with Crippen LogP contribution in [0.15, 0.2) is 48.5 Å². The zero-order chi connectivity index (χ0) is 24.2. The Hall–Kier alpha value is -3.39. The SMILES string of the molecule is CO[C@H](C)[C@H](NC(=O)OCC1c2ccccc2-c2ccccc21)C(=O)N1CCC[C@@H](C(=O)O)C1. The van der Waals surface area contributed by atoms with Crippen LogP contribution in [0.4, 0.5) is 4.79 Å². The first-order chi connectivity index (χ1) is 16.4. The summed E-state index contributed by atoms with van der Waals surface area (Å²) in [6, 6.07) is 15.1. The molecule has 1 aliphatic carbocycles. The van der Waals surface area contributed by atoms with E-state index in [1.165, 1.54) is 12.0 Å². The van der Waals surface area contributed by atoms with E-state index in [1.807, 2.05) is 36.4 Å². The number of piperidine rings is 1. The van der Waals surface area contributed by atoms with E-state index in [-0.39, 0.29) is 25.0 Å². The number of rotatable bonds is 7. The monoisotopic (exact) mass is 466 g/mol. The molecule has 2 aliphatic rings. The molecule has 1 saturated heterocycles. The molecule has 8 heteroatoms. The summed E-state index contributed by atoms with van der Waals surface area (Å²) in [7, 11) is 1.46. The van der Waals surface area contributed by atoms with Gasteiger partial charge in [0.15, 0.2) is 0 Å². The zero-order valence-corrected chi connectivity index (χ0v) is 19.4. The number of carbonyl (C=O) groups is 3. The average Bonchev–Trinajstić information content (AvgIpc) is 3.19. The molecule has 180 valence electrons. The number of benzene rings is 2. The fraction of sp³-hybridized carbons (Fsp3) is 0.423. The standard InChI is InChI=1S/C26H30N2O6/c1-16(33-2)23(24(29)28-13-7-8-17(14-28)25(30)31)27-26(32)34-15-22-20-11-5-3-9-18(20)19-10-4-6-12-21(19)22/h3-6,9-12,16-17,22-23H,7-8,13-15H2,1-2H3,(H,27,32)(H,30,31)/t16-,17-,23+/m1/s1. The molecule has 0 radical (unpaired) electrons. The second-order valence-electron chi connectivity index (χ2n) is 8.85. The van der Waals surface area contributed by atoms with Crippen LogP contribution in [0.1, 0.15) is 36.8 Å². The van der Waals surface area contributed by atoms with E-state index in [0.29, 0.717) is 19.4 Å². The molecule has 0 bridgehead atoms. The second-order valence-corrected chi connectivity index (χ2v) is 8.85. The topological polar surface area (TPSA) is 105 Å². The molecule has 1 fully saturated rings. The molecule has 2 aromatic carbocycles. The highest BCUT2D eigenvalue weighted by atomic mass is 16.5. The van der Waals surface area contributed by atoms with Crippen LogP contribution in [0, 0.1) is 5.92 Å². The van der Waals surface area contributed by atoms with Gasteiger partial charge in [-0.05, 0) is 42.0 Å².